The van der Waals surface area contributed by atoms with Gasteiger partial charge >= 0.3 is 5.97 Å². The first-order chi connectivity index (χ1) is 11.7. The maximum absolute atomic E-state index is 12.2. The van der Waals surface area contributed by atoms with Crippen molar-refractivity contribution in [2.24, 2.45) is 0 Å². The number of fused-ring (bicyclic) bond motifs is 3. The molecule has 24 heavy (non-hydrogen) atoms. The van der Waals surface area contributed by atoms with Crippen LogP contribution >= 0.6 is 0 Å². The van der Waals surface area contributed by atoms with Gasteiger partial charge in [-0.3, -0.25) is 4.79 Å². The van der Waals surface area contributed by atoms with E-state index in [4.69, 9.17) is 14.2 Å². The summed E-state index contributed by atoms with van der Waals surface area (Å²) in [6.45, 7) is 2.81. The predicted octanol–water partition coefficient (Wildman–Crippen LogP) is 1.42. The number of aromatic nitrogens is 3. The van der Waals surface area contributed by atoms with Gasteiger partial charge in [-0.15, -0.1) is 0 Å². The van der Waals surface area contributed by atoms with Crippen LogP contribution < -0.4 is 15.0 Å². The van der Waals surface area contributed by atoms with E-state index in [1.54, 1.807) is 25.1 Å². The SMILES string of the molecule is CCOC(=O)c1nc2nc3cc4c(cc3cc2c(=O)[nH]1)OCCO4. The van der Waals surface area contributed by atoms with E-state index in [9.17, 15) is 9.59 Å². The van der Waals surface area contributed by atoms with Gasteiger partial charge in [0.25, 0.3) is 5.56 Å². The zero-order valence-corrected chi connectivity index (χ0v) is 12.8. The Morgan fingerprint density at radius 1 is 1.21 bits per heavy atom. The maximum Gasteiger partial charge on any atom is 0.374 e. The van der Waals surface area contributed by atoms with E-state index in [1.165, 1.54) is 0 Å². The number of H-pyrrole nitrogens is 1. The summed E-state index contributed by atoms with van der Waals surface area (Å²) < 4.78 is 15.9. The number of rotatable bonds is 2. The molecule has 8 nitrogen and oxygen atoms in total. The number of carbonyl (C=O) groups excluding carboxylic acids is 1. The predicted molar refractivity (Wildman–Crippen MR) is 84.6 cm³/mol. The third-order valence-electron chi connectivity index (χ3n) is 3.62. The summed E-state index contributed by atoms with van der Waals surface area (Å²) in [7, 11) is 0. The van der Waals surface area contributed by atoms with Gasteiger partial charge in [0.2, 0.25) is 5.82 Å². The lowest BCUT2D eigenvalue weighted by Crippen LogP contribution is -2.18. The summed E-state index contributed by atoms with van der Waals surface area (Å²) in [5.41, 5.74) is 0.318. The zero-order valence-electron chi connectivity index (χ0n) is 12.8. The second-order valence-corrected chi connectivity index (χ2v) is 5.18. The zero-order chi connectivity index (χ0) is 16.7. The van der Waals surface area contributed by atoms with E-state index in [1.807, 2.05) is 0 Å². The number of aromatic amines is 1. The molecule has 8 heteroatoms. The minimum Gasteiger partial charge on any atom is -0.486 e. The van der Waals surface area contributed by atoms with E-state index in [-0.39, 0.29) is 23.5 Å². The van der Waals surface area contributed by atoms with Gasteiger partial charge in [0.15, 0.2) is 17.1 Å². The highest BCUT2D eigenvalue weighted by Crippen LogP contribution is 2.34. The van der Waals surface area contributed by atoms with Crippen molar-refractivity contribution >= 4 is 27.9 Å². The number of hydrogen-bond donors (Lipinski definition) is 1. The standard InChI is InChI=1S/C16H13N3O5/c1-2-22-16(21)14-18-13-9(15(20)19-14)5-8-6-11-12(7-10(8)17-13)24-4-3-23-11/h5-7H,2-4H2,1H3,(H,17,18,19,20). The molecule has 4 rings (SSSR count). The molecule has 0 unspecified atom stereocenters. The summed E-state index contributed by atoms with van der Waals surface area (Å²) in [4.78, 5) is 34.9. The molecule has 0 bridgehead atoms. The molecule has 0 amide bonds. The fourth-order valence-corrected chi connectivity index (χ4v) is 2.56. The number of nitrogens with one attached hydrogen (secondary N) is 1. The molecule has 0 atom stereocenters. The Morgan fingerprint density at radius 3 is 2.71 bits per heavy atom. The Kier molecular flexibility index (Phi) is 3.30. The van der Waals surface area contributed by atoms with Gasteiger partial charge in [-0.05, 0) is 19.1 Å². The van der Waals surface area contributed by atoms with Crippen molar-refractivity contribution in [2.45, 2.75) is 6.92 Å². The van der Waals surface area contributed by atoms with Gasteiger partial charge in [-0.25, -0.2) is 14.8 Å². The van der Waals surface area contributed by atoms with E-state index in [0.717, 1.165) is 5.39 Å². The Hall–Kier alpha value is -3.16. The first-order valence-electron chi connectivity index (χ1n) is 7.47. The number of ether oxygens (including phenoxy) is 3. The van der Waals surface area contributed by atoms with Crippen molar-refractivity contribution in [3.63, 3.8) is 0 Å². The minimum atomic E-state index is -0.694. The van der Waals surface area contributed by atoms with Crippen LogP contribution in [0, 0.1) is 0 Å². The van der Waals surface area contributed by atoms with Gasteiger partial charge in [-0.2, -0.15) is 0 Å². The summed E-state index contributed by atoms with van der Waals surface area (Å²) in [6.07, 6.45) is 0. The largest absolute Gasteiger partial charge is 0.486 e. The molecule has 122 valence electrons. The highest BCUT2D eigenvalue weighted by molar-refractivity contribution is 5.94. The molecule has 0 radical (unpaired) electrons. The van der Waals surface area contributed by atoms with Crippen LogP contribution in [0.2, 0.25) is 0 Å². The van der Waals surface area contributed by atoms with Crippen LogP contribution in [-0.2, 0) is 4.74 Å². The van der Waals surface area contributed by atoms with Crippen LogP contribution in [-0.4, -0.2) is 40.7 Å². The third-order valence-corrected chi connectivity index (χ3v) is 3.62. The molecule has 0 aliphatic carbocycles. The van der Waals surface area contributed by atoms with Gasteiger partial charge < -0.3 is 19.2 Å². The van der Waals surface area contributed by atoms with Crippen molar-refractivity contribution in [3.8, 4) is 11.5 Å². The Morgan fingerprint density at radius 2 is 1.96 bits per heavy atom. The van der Waals surface area contributed by atoms with Crippen molar-refractivity contribution in [1.29, 1.82) is 0 Å². The average Bonchev–Trinajstić information content (AvgIpc) is 2.58. The number of esters is 1. The van der Waals surface area contributed by atoms with Crippen molar-refractivity contribution in [3.05, 3.63) is 34.4 Å². The lowest BCUT2D eigenvalue weighted by Gasteiger charge is -2.18. The maximum atomic E-state index is 12.2. The molecular weight excluding hydrogens is 314 g/mol. The van der Waals surface area contributed by atoms with E-state index in [2.05, 4.69) is 15.0 Å². The van der Waals surface area contributed by atoms with Crippen LogP contribution in [0.1, 0.15) is 17.5 Å². The van der Waals surface area contributed by atoms with Crippen molar-refractivity contribution in [1.82, 2.24) is 15.0 Å². The second kappa shape index (κ2) is 5.48. The van der Waals surface area contributed by atoms with E-state index >= 15 is 0 Å². The highest BCUT2D eigenvalue weighted by atomic mass is 16.6. The molecule has 1 aromatic carbocycles. The molecular formula is C16H13N3O5. The summed E-state index contributed by atoms with van der Waals surface area (Å²) >= 11 is 0. The van der Waals surface area contributed by atoms with Gasteiger partial charge in [0, 0.05) is 11.5 Å². The molecule has 3 heterocycles. The molecule has 1 N–H and O–H groups in total. The molecule has 0 saturated heterocycles. The van der Waals surface area contributed by atoms with Crippen molar-refractivity contribution in [2.75, 3.05) is 19.8 Å². The lowest BCUT2D eigenvalue weighted by atomic mass is 10.1. The monoisotopic (exact) mass is 327 g/mol. The van der Waals surface area contributed by atoms with Crippen molar-refractivity contribution < 1.29 is 19.0 Å². The number of nitrogens with zero attached hydrogens (tertiary/aromatic N) is 2. The van der Waals surface area contributed by atoms with Gasteiger partial charge in [0.1, 0.15) is 13.2 Å². The Labute approximate surface area is 135 Å². The Bertz CT molecular complexity index is 1030. The second-order valence-electron chi connectivity index (χ2n) is 5.18. The van der Waals surface area contributed by atoms with Gasteiger partial charge in [0.05, 0.1) is 17.5 Å². The summed E-state index contributed by atoms with van der Waals surface area (Å²) in [5, 5.41) is 1.01. The normalized spacial score (nSPS) is 13.2. The molecule has 1 aliphatic heterocycles. The molecule has 0 spiro atoms. The van der Waals surface area contributed by atoms with E-state index < -0.39 is 11.5 Å². The first kappa shape index (κ1) is 14.4. The van der Waals surface area contributed by atoms with Crippen LogP contribution in [0.25, 0.3) is 21.9 Å². The number of carbonyl (C=O) groups is 1. The number of benzene rings is 1. The van der Waals surface area contributed by atoms with Crippen LogP contribution in [0.5, 0.6) is 11.5 Å². The summed E-state index contributed by atoms with van der Waals surface area (Å²) in [6, 6.07) is 5.17. The molecule has 2 aromatic heterocycles. The number of pyridine rings is 1. The quantitative estimate of drug-likeness (QED) is 0.561. The molecule has 0 saturated carbocycles. The minimum absolute atomic E-state index is 0.168. The van der Waals surface area contributed by atoms with Gasteiger partial charge in [-0.1, -0.05) is 0 Å². The summed E-state index contributed by atoms with van der Waals surface area (Å²) in [5.74, 6) is 0.345. The Balaban J connectivity index is 1.93. The highest BCUT2D eigenvalue weighted by Gasteiger charge is 2.17. The van der Waals surface area contributed by atoms with Crippen LogP contribution in [0.4, 0.5) is 0 Å². The third kappa shape index (κ3) is 2.32. The fourth-order valence-electron chi connectivity index (χ4n) is 2.56. The van der Waals surface area contributed by atoms with E-state index in [0.29, 0.717) is 30.2 Å². The lowest BCUT2D eigenvalue weighted by molar-refractivity contribution is 0.0512. The fraction of sp³-hybridized carbons (Fsp3) is 0.250. The topological polar surface area (TPSA) is 103 Å². The van der Waals surface area contributed by atoms with Crippen LogP contribution in [0.3, 0.4) is 0 Å². The first-order valence-corrected chi connectivity index (χ1v) is 7.47. The van der Waals surface area contributed by atoms with Crippen LogP contribution in [0.15, 0.2) is 23.0 Å². The molecule has 1 aliphatic rings. The average molecular weight is 327 g/mol. The molecule has 0 fully saturated rings. The number of hydrogen-bond acceptors (Lipinski definition) is 7. The molecule has 3 aromatic rings. The smallest absolute Gasteiger partial charge is 0.374 e.